The fourth-order valence-electron chi connectivity index (χ4n) is 4.27. The SMILES string of the molecule is O=c1cc(-c2ccc(O)cc2)oc2c(CN3CC=C(c4ccccc4)CC3)c(O)cc(O)c12. The van der Waals surface area contributed by atoms with E-state index in [9.17, 15) is 20.1 Å². The molecule has 0 aliphatic carbocycles. The summed E-state index contributed by atoms with van der Waals surface area (Å²) in [7, 11) is 0. The summed E-state index contributed by atoms with van der Waals surface area (Å²) in [5.41, 5.74) is 3.32. The second kappa shape index (κ2) is 8.48. The third-order valence-electron chi connectivity index (χ3n) is 6.03. The highest BCUT2D eigenvalue weighted by molar-refractivity contribution is 5.89. The molecule has 0 amide bonds. The van der Waals surface area contributed by atoms with Crippen molar-refractivity contribution in [3.05, 3.63) is 94.2 Å². The Balaban J connectivity index is 1.52. The van der Waals surface area contributed by atoms with E-state index in [1.54, 1.807) is 12.1 Å². The van der Waals surface area contributed by atoms with Gasteiger partial charge in [0.1, 0.15) is 28.4 Å². The van der Waals surface area contributed by atoms with Crippen molar-refractivity contribution in [2.45, 2.75) is 13.0 Å². The molecule has 0 fully saturated rings. The first-order valence-electron chi connectivity index (χ1n) is 10.8. The lowest BCUT2D eigenvalue weighted by atomic mass is 9.99. The Bertz CT molecular complexity index is 1400. The van der Waals surface area contributed by atoms with E-state index in [2.05, 4.69) is 23.1 Å². The molecule has 0 saturated carbocycles. The van der Waals surface area contributed by atoms with E-state index >= 15 is 0 Å². The van der Waals surface area contributed by atoms with Crippen molar-refractivity contribution in [1.29, 1.82) is 0 Å². The standard InChI is InChI=1S/C27H23NO5/c29-20-8-6-19(7-9-20)25-15-24(32)26-23(31)14-22(30)21(27(26)33-25)16-28-12-10-18(11-13-28)17-4-2-1-3-5-17/h1-10,14-15,29-31H,11-13,16H2. The molecule has 1 aliphatic heterocycles. The number of benzene rings is 3. The molecule has 0 unspecified atom stereocenters. The minimum Gasteiger partial charge on any atom is -0.508 e. The molecule has 6 heteroatoms. The van der Waals surface area contributed by atoms with Crippen LogP contribution in [0.15, 0.2) is 82.0 Å². The quantitative estimate of drug-likeness (QED) is 0.419. The minimum absolute atomic E-state index is 0.0443. The topological polar surface area (TPSA) is 94.1 Å². The maximum absolute atomic E-state index is 12.8. The summed E-state index contributed by atoms with van der Waals surface area (Å²) >= 11 is 0. The van der Waals surface area contributed by atoms with E-state index in [4.69, 9.17) is 4.42 Å². The van der Waals surface area contributed by atoms with Crippen molar-refractivity contribution < 1.29 is 19.7 Å². The van der Waals surface area contributed by atoms with Gasteiger partial charge in [0.25, 0.3) is 0 Å². The van der Waals surface area contributed by atoms with Gasteiger partial charge in [-0.05, 0) is 41.8 Å². The highest BCUT2D eigenvalue weighted by Gasteiger charge is 2.21. The van der Waals surface area contributed by atoms with Crippen LogP contribution >= 0.6 is 0 Å². The molecule has 3 N–H and O–H groups in total. The number of hydrogen-bond donors (Lipinski definition) is 3. The summed E-state index contributed by atoms with van der Waals surface area (Å²) in [5, 5.41) is 30.6. The molecule has 3 aromatic carbocycles. The van der Waals surface area contributed by atoms with Crippen LogP contribution in [-0.4, -0.2) is 33.3 Å². The second-order valence-corrected chi connectivity index (χ2v) is 8.20. The van der Waals surface area contributed by atoms with Gasteiger partial charge in [-0.2, -0.15) is 0 Å². The Kier molecular flexibility index (Phi) is 5.36. The van der Waals surface area contributed by atoms with Crippen LogP contribution in [0.4, 0.5) is 0 Å². The van der Waals surface area contributed by atoms with Gasteiger partial charge < -0.3 is 19.7 Å². The zero-order chi connectivity index (χ0) is 22.9. The number of rotatable bonds is 4. The lowest BCUT2D eigenvalue weighted by Crippen LogP contribution is -2.28. The molecule has 1 aromatic heterocycles. The van der Waals surface area contributed by atoms with E-state index in [0.29, 0.717) is 30.0 Å². The first kappa shape index (κ1) is 20.8. The fourth-order valence-corrected chi connectivity index (χ4v) is 4.27. The number of hydrogen-bond acceptors (Lipinski definition) is 6. The summed E-state index contributed by atoms with van der Waals surface area (Å²) in [6.07, 6.45) is 3.04. The van der Waals surface area contributed by atoms with Gasteiger partial charge in [-0.15, -0.1) is 0 Å². The van der Waals surface area contributed by atoms with Crippen molar-refractivity contribution in [2.24, 2.45) is 0 Å². The maximum atomic E-state index is 12.8. The third-order valence-corrected chi connectivity index (χ3v) is 6.03. The predicted molar refractivity (Wildman–Crippen MR) is 127 cm³/mol. The molecule has 0 bridgehead atoms. The molecule has 166 valence electrons. The second-order valence-electron chi connectivity index (χ2n) is 8.20. The first-order chi connectivity index (χ1) is 16.0. The highest BCUT2D eigenvalue weighted by atomic mass is 16.3. The van der Waals surface area contributed by atoms with Gasteiger partial charge >= 0.3 is 0 Å². The van der Waals surface area contributed by atoms with E-state index in [-0.39, 0.29) is 28.2 Å². The Morgan fingerprint density at radius 1 is 0.879 bits per heavy atom. The summed E-state index contributed by atoms with van der Waals surface area (Å²) in [6, 6.07) is 19.0. The largest absolute Gasteiger partial charge is 0.508 e. The van der Waals surface area contributed by atoms with Crippen molar-refractivity contribution in [3.63, 3.8) is 0 Å². The number of aromatic hydroxyl groups is 3. The molecule has 6 nitrogen and oxygen atoms in total. The summed E-state index contributed by atoms with van der Waals surface area (Å²) in [4.78, 5) is 15.0. The van der Waals surface area contributed by atoms with Crippen molar-refractivity contribution in [1.82, 2.24) is 4.90 Å². The van der Waals surface area contributed by atoms with Crippen molar-refractivity contribution in [3.8, 4) is 28.6 Å². The van der Waals surface area contributed by atoms with E-state index in [1.807, 2.05) is 18.2 Å². The van der Waals surface area contributed by atoms with Crippen LogP contribution in [0.2, 0.25) is 0 Å². The highest BCUT2D eigenvalue weighted by Crippen LogP contribution is 2.36. The number of phenolic OH excluding ortho intramolecular Hbond substituents is 3. The van der Waals surface area contributed by atoms with Gasteiger partial charge in [-0.1, -0.05) is 36.4 Å². The zero-order valence-corrected chi connectivity index (χ0v) is 17.9. The molecule has 5 rings (SSSR count). The van der Waals surface area contributed by atoms with Crippen LogP contribution in [0.5, 0.6) is 17.2 Å². The molecule has 2 heterocycles. The summed E-state index contributed by atoms with van der Waals surface area (Å²) < 4.78 is 6.05. The predicted octanol–water partition coefficient (Wildman–Crippen LogP) is 4.87. The summed E-state index contributed by atoms with van der Waals surface area (Å²) in [5.74, 6) is -0.0412. The monoisotopic (exact) mass is 441 g/mol. The lowest BCUT2D eigenvalue weighted by molar-refractivity contribution is 0.288. The van der Waals surface area contributed by atoms with E-state index in [1.165, 1.54) is 35.4 Å². The number of phenols is 3. The third kappa shape index (κ3) is 4.08. The van der Waals surface area contributed by atoms with Crippen molar-refractivity contribution >= 4 is 16.5 Å². The molecule has 1 aliphatic rings. The average Bonchev–Trinajstić information content (AvgIpc) is 2.82. The molecule has 0 atom stereocenters. The molecule has 4 aromatic rings. The molecule has 0 radical (unpaired) electrons. The zero-order valence-electron chi connectivity index (χ0n) is 17.9. The van der Waals surface area contributed by atoms with Gasteiger partial charge in [-0.3, -0.25) is 9.69 Å². The van der Waals surface area contributed by atoms with Gasteiger partial charge in [-0.25, -0.2) is 0 Å². The first-order valence-corrected chi connectivity index (χ1v) is 10.8. The molecular weight excluding hydrogens is 418 g/mol. The Morgan fingerprint density at radius 2 is 1.64 bits per heavy atom. The molecule has 0 saturated heterocycles. The van der Waals surface area contributed by atoms with E-state index in [0.717, 1.165) is 13.0 Å². The van der Waals surface area contributed by atoms with Gasteiger partial charge in [0.15, 0.2) is 11.0 Å². The van der Waals surface area contributed by atoms with Crippen LogP contribution in [0, 0.1) is 0 Å². The van der Waals surface area contributed by atoms with Crippen LogP contribution in [0.25, 0.3) is 27.9 Å². The lowest BCUT2D eigenvalue weighted by Gasteiger charge is -2.27. The Labute approximate surface area is 190 Å². The Hall–Kier alpha value is -4.03. The van der Waals surface area contributed by atoms with E-state index < -0.39 is 5.43 Å². The fraction of sp³-hybridized carbons (Fsp3) is 0.148. The van der Waals surface area contributed by atoms with Gasteiger partial charge in [0, 0.05) is 37.3 Å². The van der Waals surface area contributed by atoms with Gasteiger partial charge in [0.05, 0.1) is 5.56 Å². The van der Waals surface area contributed by atoms with Crippen molar-refractivity contribution in [2.75, 3.05) is 13.1 Å². The minimum atomic E-state index is -0.400. The van der Waals surface area contributed by atoms with Crippen LogP contribution in [0.1, 0.15) is 17.5 Å². The molecule has 33 heavy (non-hydrogen) atoms. The Morgan fingerprint density at radius 3 is 2.33 bits per heavy atom. The number of fused-ring (bicyclic) bond motifs is 1. The van der Waals surface area contributed by atoms with Crippen LogP contribution in [0.3, 0.4) is 0 Å². The van der Waals surface area contributed by atoms with Gasteiger partial charge in [0.2, 0.25) is 0 Å². The number of nitrogens with zero attached hydrogens (tertiary/aromatic N) is 1. The van der Waals surface area contributed by atoms with Crippen LogP contribution < -0.4 is 5.43 Å². The maximum Gasteiger partial charge on any atom is 0.197 e. The average molecular weight is 441 g/mol. The molecule has 0 spiro atoms. The van der Waals surface area contributed by atoms with Crippen LogP contribution in [-0.2, 0) is 6.54 Å². The normalized spacial score (nSPS) is 14.4. The molecular formula is C27H23NO5. The smallest absolute Gasteiger partial charge is 0.197 e. The summed E-state index contributed by atoms with van der Waals surface area (Å²) in [6.45, 7) is 1.83.